The number of nitrogens with two attached hydrogens (primary N) is 1. The number of hydrogen-bond acceptors (Lipinski definition) is 4. The number of carboxylic acid groups (broad SMARTS) is 1. The van der Waals surface area contributed by atoms with Crippen LogP contribution in [0.4, 0.5) is 5.00 Å². The Morgan fingerprint density at radius 1 is 1.10 bits per heavy atom. The monoisotopic (exact) mass is 438 g/mol. The Morgan fingerprint density at radius 3 is 2.23 bits per heavy atom. The summed E-state index contributed by atoms with van der Waals surface area (Å²) in [6.07, 6.45) is 6.39. The van der Waals surface area contributed by atoms with Crippen molar-refractivity contribution in [3.8, 4) is 11.1 Å². The Labute approximate surface area is 185 Å². The van der Waals surface area contributed by atoms with E-state index >= 15 is 0 Å². The Balaban J connectivity index is 1.68. The second-order valence-electron chi connectivity index (χ2n) is 8.32. The zero-order valence-corrected chi connectivity index (χ0v) is 18.4. The van der Waals surface area contributed by atoms with E-state index in [1.54, 1.807) is 0 Å². The molecule has 0 saturated heterocycles. The van der Waals surface area contributed by atoms with Gasteiger partial charge in [0.15, 0.2) is 0 Å². The van der Waals surface area contributed by atoms with Crippen LogP contribution >= 0.6 is 11.3 Å². The van der Waals surface area contributed by atoms with Crippen molar-refractivity contribution in [2.24, 2.45) is 29.4 Å². The topological polar surface area (TPSA) is 109 Å². The van der Waals surface area contributed by atoms with Gasteiger partial charge in [0.05, 0.1) is 17.4 Å². The van der Waals surface area contributed by atoms with Crippen molar-refractivity contribution in [1.29, 1.82) is 0 Å². The zero-order valence-electron chi connectivity index (χ0n) is 17.6. The first-order valence-corrected chi connectivity index (χ1v) is 11.4. The molecule has 1 aromatic heterocycles. The highest BCUT2D eigenvalue weighted by molar-refractivity contribution is 7.17. The molecule has 6 nitrogen and oxygen atoms in total. The van der Waals surface area contributed by atoms with E-state index in [9.17, 15) is 19.5 Å². The molecule has 3 aliphatic carbocycles. The highest BCUT2D eigenvalue weighted by Gasteiger charge is 2.48. The van der Waals surface area contributed by atoms with E-state index in [2.05, 4.69) is 12.2 Å². The summed E-state index contributed by atoms with van der Waals surface area (Å²) in [7, 11) is 0. The molecule has 1 fully saturated rings. The first-order chi connectivity index (χ1) is 14.8. The number of amides is 2. The van der Waals surface area contributed by atoms with Gasteiger partial charge in [-0.3, -0.25) is 14.4 Å². The van der Waals surface area contributed by atoms with Crippen molar-refractivity contribution >= 4 is 34.1 Å². The van der Waals surface area contributed by atoms with Crippen molar-refractivity contribution in [2.45, 2.75) is 33.1 Å². The van der Waals surface area contributed by atoms with Crippen LogP contribution in [-0.4, -0.2) is 22.9 Å². The van der Waals surface area contributed by atoms with Crippen LogP contribution in [0.25, 0.3) is 11.1 Å². The van der Waals surface area contributed by atoms with E-state index in [-0.39, 0.29) is 23.3 Å². The van der Waals surface area contributed by atoms with Crippen molar-refractivity contribution in [3.05, 3.63) is 52.4 Å². The number of aryl methyl sites for hydroxylation is 2. The number of carbonyl (C=O) groups is 3. The predicted octanol–water partition coefficient (Wildman–Crippen LogP) is 4.24. The van der Waals surface area contributed by atoms with Crippen LogP contribution < -0.4 is 11.1 Å². The molecule has 4 N–H and O–H groups in total. The third-order valence-electron chi connectivity index (χ3n) is 6.55. The van der Waals surface area contributed by atoms with Gasteiger partial charge in [-0.15, -0.1) is 11.3 Å². The SMILES string of the molecule is CCc1ccc(-c2c(C)sc(NC(=O)[C@@H]3[C@@H](C(=O)O)[C@H]4C=C[C@@H]3CC4)c2C(N)=O)cc1. The van der Waals surface area contributed by atoms with Crippen LogP contribution in [0.1, 0.15) is 40.6 Å². The standard InChI is InChI=1S/C24H26N2O4S/c1-3-13-4-6-14(7-5-13)17-12(2)31-23(20(17)21(25)27)26-22(28)18-15-8-10-16(11-9-15)19(18)24(29)30/h4-8,10,15-16,18-19H,3,9,11H2,1-2H3,(H2,25,27)(H,26,28)(H,29,30)/t15-,16+,18+,19+/m1/s1. The Bertz CT molecular complexity index is 1070. The number of hydrogen-bond donors (Lipinski definition) is 3. The van der Waals surface area contributed by atoms with E-state index in [4.69, 9.17) is 5.73 Å². The summed E-state index contributed by atoms with van der Waals surface area (Å²) in [6.45, 7) is 3.96. The van der Waals surface area contributed by atoms with Crippen LogP contribution in [0.15, 0.2) is 36.4 Å². The highest BCUT2D eigenvalue weighted by Crippen LogP contribution is 2.46. The van der Waals surface area contributed by atoms with Crippen LogP contribution in [-0.2, 0) is 16.0 Å². The number of anilines is 1. The van der Waals surface area contributed by atoms with Crippen molar-refractivity contribution in [3.63, 3.8) is 0 Å². The molecule has 162 valence electrons. The lowest BCUT2D eigenvalue weighted by molar-refractivity contribution is -0.151. The maximum absolute atomic E-state index is 13.2. The number of nitrogens with one attached hydrogen (secondary N) is 1. The molecule has 2 aromatic rings. The lowest BCUT2D eigenvalue weighted by atomic mass is 9.62. The summed E-state index contributed by atoms with van der Waals surface area (Å²) in [5.74, 6) is -3.57. The maximum atomic E-state index is 13.2. The largest absolute Gasteiger partial charge is 0.481 e. The summed E-state index contributed by atoms with van der Waals surface area (Å²) in [5, 5.41) is 13.0. The van der Waals surface area contributed by atoms with E-state index in [1.807, 2.05) is 43.3 Å². The van der Waals surface area contributed by atoms with E-state index in [0.29, 0.717) is 5.00 Å². The van der Waals surface area contributed by atoms with E-state index in [1.165, 1.54) is 16.9 Å². The molecule has 7 heteroatoms. The number of thiophene rings is 1. The highest BCUT2D eigenvalue weighted by atomic mass is 32.1. The van der Waals surface area contributed by atoms with Crippen molar-refractivity contribution < 1.29 is 19.5 Å². The van der Waals surface area contributed by atoms with Gasteiger partial charge < -0.3 is 16.2 Å². The number of allylic oxidation sites excluding steroid dienone is 2. The molecule has 31 heavy (non-hydrogen) atoms. The number of carboxylic acids is 1. The summed E-state index contributed by atoms with van der Waals surface area (Å²) in [5.41, 5.74) is 8.77. The molecule has 2 bridgehead atoms. The zero-order chi connectivity index (χ0) is 22.3. The smallest absolute Gasteiger partial charge is 0.307 e. The minimum absolute atomic E-state index is 0.106. The molecule has 4 atom stereocenters. The van der Waals surface area contributed by atoms with Crippen molar-refractivity contribution in [2.75, 3.05) is 5.32 Å². The lowest BCUT2D eigenvalue weighted by Crippen LogP contribution is -2.47. The molecular formula is C24H26N2O4S. The van der Waals surface area contributed by atoms with Gasteiger partial charge in [-0.05, 0) is 49.1 Å². The van der Waals surface area contributed by atoms with Crippen molar-refractivity contribution in [1.82, 2.24) is 0 Å². The van der Waals surface area contributed by atoms with Gasteiger partial charge in [-0.2, -0.15) is 0 Å². The number of carbonyl (C=O) groups excluding carboxylic acids is 2. The molecule has 0 aliphatic heterocycles. The summed E-state index contributed by atoms with van der Waals surface area (Å²) in [6, 6.07) is 7.94. The maximum Gasteiger partial charge on any atom is 0.307 e. The third kappa shape index (κ3) is 3.78. The normalized spacial score (nSPS) is 24.2. The Morgan fingerprint density at radius 2 is 1.71 bits per heavy atom. The van der Waals surface area contributed by atoms with Gasteiger partial charge in [0, 0.05) is 10.4 Å². The average molecular weight is 439 g/mol. The molecule has 0 radical (unpaired) electrons. The molecule has 5 rings (SSSR count). The third-order valence-corrected chi connectivity index (χ3v) is 7.58. The van der Waals surface area contributed by atoms with Gasteiger partial charge >= 0.3 is 5.97 Å². The second-order valence-corrected chi connectivity index (χ2v) is 9.55. The lowest BCUT2D eigenvalue weighted by Gasteiger charge is -2.41. The van der Waals surface area contributed by atoms with E-state index in [0.717, 1.165) is 35.3 Å². The number of fused-ring (bicyclic) bond motifs is 2. The van der Waals surface area contributed by atoms with Crippen LogP contribution in [0.2, 0.25) is 0 Å². The molecule has 0 spiro atoms. The van der Waals surface area contributed by atoms with E-state index < -0.39 is 23.7 Å². The molecule has 1 heterocycles. The number of rotatable bonds is 6. The fourth-order valence-corrected chi connectivity index (χ4v) is 6.09. The molecule has 2 amide bonds. The minimum atomic E-state index is -0.951. The van der Waals surface area contributed by atoms with Gasteiger partial charge in [0.1, 0.15) is 5.00 Å². The summed E-state index contributed by atoms with van der Waals surface area (Å²) >= 11 is 1.30. The number of benzene rings is 1. The first-order valence-electron chi connectivity index (χ1n) is 10.6. The van der Waals surface area contributed by atoms with Gasteiger partial charge in [-0.25, -0.2) is 0 Å². The molecule has 1 aromatic carbocycles. The van der Waals surface area contributed by atoms with Crippen LogP contribution in [0, 0.1) is 30.6 Å². The quantitative estimate of drug-likeness (QED) is 0.586. The number of aliphatic carboxylic acids is 1. The summed E-state index contributed by atoms with van der Waals surface area (Å²) in [4.78, 5) is 38.4. The van der Waals surface area contributed by atoms with Gasteiger partial charge in [0.2, 0.25) is 5.91 Å². The fourth-order valence-electron chi connectivity index (χ4n) is 5.01. The molecule has 0 unspecified atom stereocenters. The molecule has 3 aliphatic rings. The van der Waals surface area contributed by atoms with Crippen LogP contribution in [0.5, 0.6) is 0 Å². The summed E-state index contributed by atoms with van der Waals surface area (Å²) < 4.78 is 0. The fraction of sp³-hybridized carbons (Fsp3) is 0.375. The Hall–Kier alpha value is -2.93. The molecule has 1 saturated carbocycles. The Kier molecular flexibility index (Phi) is 5.71. The van der Waals surface area contributed by atoms with Crippen LogP contribution in [0.3, 0.4) is 0 Å². The predicted molar refractivity (Wildman–Crippen MR) is 121 cm³/mol. The van der Waals surface area contributed by atoms with Gasteiger partial charge in [0.25, 0.3) is 5.91 Å². The minimum Gasteiger partial charge on any atom is -0.481 e. The first kappa shape index (κ1) is 21.3. The number of primary amides is 1. The average Bonchev–Trinajstić information content (AvgIpc) is 3.09. The van der Waals surface area contributed by atoms with Gasteiger partial charge in [-0.1, -0.05) is 43.3 Å². The molecular weight excluding hydrogens is 412 g/mol. The second kappa shape index (κ2) is 8.30.